The van der Waals surface area contributed by atoms with E-state index in [1.165, 1.54) is 4.70 Å². The molecule has 1 fully saturated rings. The van der Waals surface area contributed by atoms with Gasteiger partial charge in [-0.05, 0) is 24.3 Å². The zero-order chi connectivity index (χ0) is 21.4. The standard InChI is InChI=1S/C24H25N5OS/c1-27(2)23(30)16-28-11-13-29(14-12-28)22-15-18(17-7-3-4-8-19(17)25-22)24-26-20-9-5-6-10-21(20)31-24/h3-10,15H,11-14,16H2,1-2H3. The summed E-state index contributed by atoms with van der Waals surface area (Å²) in [6.07, 6.45) is 0. The van der Waals surface area contributed by atoms with Crippen LogP contribution in [0.1, 0.15) is 0 Å². The van der Waals surface area contributed by atoms with E-state index in [0.717, 1.165) is 59.0 Å². The molecular formula is C24H25N5OS. The Kier molecular flexibility index (Phi) is 5.29. The fourth-order valence-corrected chi connectivity index (χ4v) is 4.95. The van der Waals surface area contributed by atoms with Crippen molar-refractivity contribution in [3.8, 4) is 10.6 Å². The summed E-state index contributed by atoms with van der Waals surface area (Å²) in [5.74, 6) is 1.13. The highest BCUT2D eigenvalue weighted by Gasteiger charge is 2.22. The summed E-state index contributed by atoms with van der Waals surface area (Å²) < 4.78 is 1.19. The van der Waals surface area contributed by atoms with Crippen molar-refractivity contribution in [2.45, 2.75) is 0 Å². The molecule has 3 heterocycles. The lowest BCUT2D eigenvalue weighted by Crippen LogP contribution is -2.49. The van der Waals surface area contributed by atoms with Crippen LogP contribution >= 0.6 is 11.3 Å². The third kappa shape index (κ3) is 3.98. The van der Waals surface area contributed by atoms with Gasteiger partial charge in [0.1, 0.15) is 10.8 Å². The van der Waals surface area contributed by atoms with Crippen molar-refractivity contribution in [1.29, 1.82) is 0 Å². The lowest BCUT2D eigenvalue weighted by Gasteiger charge is -2.35. The van der Waals surface area contributed by atoms with Crippen LogP contribution in [-0.2, 0) is 4.79 Å². The Labute approximate surface area is 185 Å². The minimum absolute atomic E-state index is 0.149. The van der Waals surface area contributed by atoms with E-state index < -0.39 is 0 Å². The van der Waals surface area contributed by atoms with Gasteiger partial charge in [-0.2, -0.15) is 0 Å². The number of nitrogens with zero attached hydrogens (tertiary/aromatic N) is 5. The number of aromatic nitrogens is 2. The minimum atomic E-state index is 0.149. The van der Waals surface area contributed by atoms with E-state index in [9.17, 15) is 4.79 Å². The molecule has 4 aromatic rings. The topological polar surface area (TPSA) is 52.6 Å². The molecule has 0 atom stereocenters. The Hall–Kier alpha value is -3.03. The maximum atomic E-state index is 12.0. The fourth-order valence-electron chi connectivity index (χ4n) is 3.96. The number of rotatable bonds is 4. The molecule has 2 aromatic carbocycles. The van der Waals surface area contributed by atoms with Crippen LogP contribution in [0.3, 0.4) is 0 Å². The smallest absolute Gasteiger partial charge is 0.236 e. The number of fused-ring (bicyclic) bond motifs is 2. The highest BCUT2D eigenvalue weighted by Crippen LogP contribution is 2.36. The summed E-state index contributed by atoms with van der Waals surface area (Å²) in [6, 6.07) is 18.7. The lowest BCUT2D eigenvalue weighted by molar-refractivity contribution is -0.129. The van der Waals surface area contributed by atoms with Gasteiger partial charge < -0.3 is 9.80 Å². The molecule has 0 spiro atoms. The van der Waals surface area contributed by atoms with E-state index >= 15 is 0 Å². The van der Waals surface area contributed by atoms with Crippen molar-refractivity contribution in [3.05, 3.63) is 54.6 Å². The molecule has 31 heavy (non-hydrogen) atoms. The summed E-state index contributed by atoms with van der Waals surface area (Å²) in [5.41, 5.74) is 3.15. The minimum Gasteiger partial charge on any atom is -0.354 e. The van der Waals surface area contributed by atoms with Gasteiger partial charge in [-0.15, -0.1) is 11.3 Å². The van der Waals surface area contributed by atoms with E-state index in [2.05, 4.69) is 52.3 Å². The molecule has 0 saturated carbocycles. The summed E-state index contributed by atoms with van der Waals surface area (Å²) in [6.45, 7) is 3.88. The van der Waals surface area contributed by atoms with E-state index in [1.807, 2.05) is 12.1 Å². The number of likely N-dealkylation sites (N-methyl/N-ethyl adjacent to an activating group) is 1. The number of hydrogen-bond donors (Lipinski definition) is 0. The number of piperazine rings is 1. The molecule has 1 saturated heterocycles. The Morgan fingerprint density at radius 1 is 0.968 bits per heavy atom. The van der Waals surface area contributed by atoms with Crippen LogP contribution in [0.15, 0.2) is 54.6 Å². The van der Waals surface area contributed by atoms with Gasteiger partial charge in [-0.25, -0.2) is 9.97 Å². The molecule has 1 amide bonds. The average Bonchev–Trinajstić information content (AvgIpc) is 3.23. The van der Waals surface area contributed by atoms with Crippen molar-refractivity contribution in [1.82, 2.24) is 19.8 Å². The predicted molar refractivity (Wildman–Crippen MR) is 128 cm³/mol. The van der Waals surface area contributed by atoms with Gasteiger partial charge in [-0.3, -0.25) is 9.69 Å². The number of pyridine rings is 1. The zero-order valence-electron chi connectivity index (χ0n) is 17.8. The lowest BCUT2D eigenvalue weighted by atomic mass is 10.1. The Balaban J connectivity index is 1.46. The summed E-state index contributed by atoms with van der Waals surface area (Å²) in [7, 11) is 3.61. The number of para-hydroxylation sites is 2. The molecule has 0 unspecified atom stereocenters. The molecule has 6 nitrogen and oxygen atoms in total. The highest BCUT2D eigenvalue weighted by atomic mass is 32.1. The molecule has 0 radical (unpaired) electrons. The van der Waals surface area contributed by atoms with Gasteiger partial charge >= 0.3 is 0 Å². The fraction of sp³-hybridized carbons (Fsp3) is 0.292. The van der Waals surface area contributed by atoms with Gasteiger partial charge in [0.2, 0.25) is 5.91 Å². The Bertz CT molecular complexity index is 1210. The average molecular weight is 432 g/mol. The van der Waals surface area contributed by atoms with Gasteiger partial charge in [-0.1, -0.05) is 30.3 Å². The number of amides is 1. The summed E-state index contributed by atoms with van der Waals surface area (Å²) >= 11 is 1.72. The first-order valence-electron chi connectivity index (χ1n) is 10.5. The van der Waals surface area contributed by atoms with Crippen LogP contribution in [-0.4, -0.2) is 72.5 Å². The molecule has 0 bridgehead atoms. The monoisotopic (exact) mass is 431 g/mol. The normalized spacial score (nSPS) is 15.0. The van der Waals surface area contributed by atoms with Gasteiger partial charge in [0.15, 0.2) is 0 Å². The van der Waals surface area contributed by atoms with Crippen LogP contribution in [0.25, 0.3) is 31.7 Å². The second-order valence-electron chi connectivity index (χ2n) is 8.08. The van der Waals surface area contributed by atoms with Crippen molar-refractivity contribution in [3.63, 3.8) is 0 Å². The maximum Gasteiger partial charge on any atom is 0.236 e. The first-order valence-corrected chi connectivity index (χ1v) is 11.3. The SMILES string of the molecule is CN(C)C(=O)CN1CCN(c2cc(-c3nc4ccccc4s3)c3ccccc3n2)CC1. The second-order valence-corrected chi connectivity index (χ2v) is 9.11. The molecule has 5 rings (SSSR count). The van der Waals surface area contributed by atoms with Gasteiger partial charge in [0.25, 0.3) is 0 Å². The number of carbonyl (C=O) groups excluding carboxylic acids is 1. The summed E-state index contributed by atoms with van der Waals surface area (Å²) in [4.78, 5) is 28.1. The van der Waals surface area contributed by atoms with E-state index in [1.54, 1.807) is 30.3 Å². The van der Waals surface area contributed by atoms with E-state index in [0.29, 0.717) is 6.54 Å². The third-order valence-electron chi connectivity index (χ3n) is 5.78. The number of anilines is 1. The molecule has 1 aliphatic heterocycles. The number of hydrogen-bond acceptors (Lipinski definition) is 6. The number of benzene rings is 2. The second kappa shape index (κ2) is 8.24. The van der Waals surface area contributed by atoms with Crippen molar-refractivity contribution >= 4 is 44.2 Å². The Morgan fingerprint density at radius 2 is 1.68 bits per heavy atom. The molecule has 0 aliphatic carbocycles. The molecule has 2 aromatic heterocycles. The van der Waals surface area contributed by atoms with Gasteiger partial charge in [0.05, 0.1) is 22.3 Å². The first kappa shape index (κ1) is 19.9. The zero-order valence-corrected chi connectivity index (χ0v) is 18.6. The van der Waals surface area contributed by atoms with Crippen LogP contribution < -0.4 is 4.90 Å². The molecule has 1 aliphatic rings. The quantitative estimate of drug-likeness (QED) is 0.493. The van der Waals surface area contributed by atoms with E-state index in [4.69, 9.17) is 9.97 Å². The number of thiazole rings is 1. The highest BCUT2D eigenvalue weighted by molar-refractivity contribution is 7.21. The van der Waals surface area contributed by atoms with Crippen molar-refractivity contribution < 1.29 is 4.79 Å². The summed E-state index contributed by atoms with van der Waals surface area (Å²) in [5, 5.41) is 2.15. The molecular weight excluding hydrogens is 406 g/mol. The van der Waals surface area contributed by atoms with Gasteiger partial charge in [0, 0.05) is 51.2 Å². The first-order chi connectivity index (χ1) is 15.1. The van der Waals surface area contributed by atoms with Crippen LogP contribution in [0, 0.1) is 0 Å². The molecule has 158 valence electrons. The largest absolute Gasteiger partial charge is 0.354 e. The van der Waals surface area contributed by atoms with Crippen molar-refractivity contribution in [2.24, 2.45) is 0 Å². The maximum absolute atomic E-state index is 12.0. The van der Waals surface area contributed by atoms with Crippen LogP contribution in [0.4, 0.5) is 5.82 Å². The van der Waals surface area contributed by atoms with Crippen LogP contribution in [0.2, 0.25) is 0 Å². The van der Waals surface area contributed by atoms with Crippen LogP contribution in [0.5, 0.6) is 0 Å². The third-order valence-corrected chi connectivity index (χ3v) is 6.85. The predicted octanol–water partition coefficient (Wildman–Crippen LogP) is 3.72. The van der Waals surface area contributed by atoms with E-state index in [-0.39, 0.29) is 5.91 Å². The molecule has 7 heteroatoms. The van der Waals surface area contributed by atoms with Crippen molar-refractivity contribution in [2.75, 3.05) is 51.7 Å². The Morgan fingerprint density at radius 3 is 2.42 bits per heavy atom. The number of carbonyl (C=O) groups is 1. The molecule has 0 N–H and O–H groups in total.